The fourth-order valence-corrected chi connectivity index (χ4v) is 1.60. The van der Waals surface area contributed by atoms with Crippen molar-refractivity contribution in [1.29, 1.82) is 0 Å². The lowest BCUT2D eigenvalue weighted by Gasteiger charge is -2.17. The largest absolute Gasteiger partial charge is 0.392 e. The molecule has 0 amide bonds. The second-order valence-electron chi connectivity index (χ2n) is 3.54. The van der Waals surface area contributed by atoms with Gasteiger partial charge >= 0.3 is 0 Å². The molecule has 2 unspecified atom stereocenters. The van der Waals surface area contributed by atoms with Crippen LogP contribution in [0.1, 0.15) is 22.8 Å². The Morgan fingerprint density at radius 3 is 2.47 bits per heavy atom. The Hall–Kier alpha value is -0.550. The minimum absolute atomic E-state index is 0.0165. The van der Waals surface area contributed by atoms with Crippen LogP contribution in [-0.4, -0.2) is 27.2 Å². The maximum atomic E-state index is 9.72. The molecule has 1 aromatic carbocycles. The Balaban J connectivity index is 2.92. The number of aliphatic hydroxyl groups is 3. The van der Waals surface area contributed by atoms with Crippen LogP contribution in [0, 0.1) is 6.92 Å². The molecular formula is C11H16O3S. The van der Waals surface area contributed by atoms with E-state index in [1.165, 1.54) is 0 Å². The first-order chi connectivity index (χ1) is 7.10. The van der Waals surface area contributed by atoms with Crippen LogP contribution in [0.4, 0.5) is 0 Å². The van der Waals surface area contributed by atoms with Crippen molar-refractivity contribution in [2.45, 2.75) is 25.7 Å². The van der Waals surface area contributed by atoms with Gasteiger partial charge in [-0.15, -0.1) is 0 Å². The molecule has 84 valence electrons. The van der Waals surface area contributed by atoms with Crippen molar-refractivity contribution in [3.63, 3.8) is 0 Å². The van der Waals surface area contributed by atoms with E-state index in [1.54, 1.807) is 18.2 Å². The molecule has 0 fully saturated rings. The van der Waals surface area contributed by atoms with Crippen LogP contribution in [0.15, 0.2) is 18.2 Å². The van der Waals surface area contributed by atoms with E-state index in [2.05, 4.69) is 12.6 Å². The lowest BCUT2D eigenvalue weighted by molar-refractivity contribution is 0.0337. The minimum atomic E-state index is -0.922. The van der Waals surface area contributed by atoms with Gasteiger partial charge in [0.05, 0.1) is 12.7 Å². The molecule has 0 aliphatic heterocycles. The molecule has 0 spiro atoms. The summed E-state index contributed by atoms with van der Waals surface area (Å²) in [5, 5.41) is 28.1. The molecule has 3 nitrogen and oxygen atoms in total. The molecule has 15 heavy (non-hydrogen) atoms. The fourth-order valence-electron chi connectivity index (χ4n) is 1.40. The quantitative estimate of drug-likeness (QED) is 0.577. The molecule has 0 saturated carbocycles. The Bertz CT molecular complexity index is 328. The monoisotopic (exact) mass is 228 g/mol. The van der Waals surface area contributed by atoms with Crippen molar-refractivity contribution >= 4 is 12.6 Å². The summed E-state index contributed by atoms with van der Waals surface area (Å²) in [6.45, 7) is 1.84. The molecule has 1 aromatic rings. The first-order valence-corrected chi connectivity index (χ1v) is 5.40. The van der Waals surface area contributed by atoms with Gasteiger partial charge in [-0.3, -0.25) is 0 Å². The third-order valence-electron chi connectivity index (χ3n) is 2.43. The van der Waals surface area contributed by atoms with Crippen LogP contribution < -0.4 is 0 Å². The van der Waals surface area contributed by atoms with Gasteiger partial charge in [-0.05, 0) is 23.6 Å². The smallest absolute Gasteiger partial charge is 0.106 e. The molecule has 0 radical (unpaired) electrons. The summed E-state index contributed by atoms with van der Waals surface area (Å²) in [4.78, 5) is 0. The lowest BCUT2D eigenvalue weighted by atomic mass is 10.00. The Labute approximate surface area is 94.8 Å². The molecule has 0 bridgehead atoms. The van der Waals surface area contributed by atoms with Crippen molar-refractivity contribution in [3.05, 3.63) is 34.9 Å². The van der Waals surface area contributed by atoms with E-state index in [0.717, 1.165) is 11.1 Å². The Morgan fingerprint density at radius 2 is 2.00 bits per heavy atom. The van der Waals surface area contributed by atoms with E-state index < -0.39 is 12.2 Å². The number of thiol groups is 1. The van der Waals surface area contributed by atoms with E-state index in [0.29, 0.717) is 5.56 Å². The molecule has 4 heteroatoms. The second kappa shape index (κ2) is 5.51. The van der Waals surface area contributed by atoms with Gasteiger partial charge in [0.15, 0.2) is 0 Å². The zero-order valence-electron chi connectivity index (χ0n) is 8.59. The first kappa shape index (κ1) is 12.5. The highest BCUT2D eigenvalue weighted by molar-refractivity contribution is 7.80. The number of hydrogen-bond donors (Lipinski definition) is 4. The SMILES string of the molecule is Cc1cc(C(O)C(O)CS)ccc1CO. The summed E-state index contributed by atoms with van der Waals surface area (Å²) in [5.41, 5.74) is 2.37. The Kier molecular flexibility index (Phi) is 4.60. The second-order valence-corrected chi connectivity index (χ2v) is 3.90. The van der Waals surface area contributed by atoms with Crippen molar-refractivity contribution in [3.8, 4) is 0 Å². The average molecular weight is 228 g/mol. The standard InChI is InChI=1S/C11H16O3S/c1-7-4-8(2-3-9(7)5-12)11(14)10(13)6-15/h2-4,10-15H,5-6H2,1H3. The summed E-state index contributed by atoms with van der Waals surface area (Å²) in [5.74, 6) is 0.210. The van der Waals surface area contributed by atoms with Gasteiger partial charge in [-0.2, -0.15) is 12.6 Å². The third kappa shape index (κ3) is 2.95. The third-order valence-corrected chi connectivity index (χ3v) is 2.80. The van der Waals surface area contributed by atoms with Crippen LogP contribution in [0.25, 0.3) is 0 Å². The summed E-state index contributed by atoms with van der Waals surface area (Å²) < 4.78 is 0. The molecule has 0 aliphatic rings. The van der Waals surface area contributed by atoms with E-state index >= 15 is 0 Å². The maximum absolute atomic E-state index is 9.72. The predicted molar refractivity (Wildman–Crippen MR) is 61.9 cm³/mol. The van der Waals surface area contributed by atoms with Crippen molar-refractivity contribution in [2.75, 3.05) is 5.75 Å². The molecule has 0 aromatic heterocycles. The summed E-state index contributed by atoms with van der Waals surface area (Å²) in [6.07, 6.45) is -1.79. The number of aliphatic hydroxyl groups excluding tert-OH is 3. The van der Waals surface area contributed by atoms with Gasteiger partial charge in [-0.25, -0.2) is 0 Å². The van der Waals surface area contributed by atoms with E-state index in [-0.39, 0.29) is 12.4 Å². The van der Waals surface area contributed by atoms with Gasteiger partial charge in [0.25, 0.3) is 0 Å². The van der Waals surface area contributed by atoms with Crippen LogP contribution in [-0.2, 0) is 6.61 Å². The van der Waals surface area contributed by atoms with E-state index in [4.69, 9.17) is 5.11 Å². The van der Waals surface area contributed by atoms with Gasteiger partial charge in [0.2, 0.25) is 0 Å². The number of benzene rings is 1. The highest BCUT2D eigenvalue weighted by Gasteiger charge is 2.17. The normalized spacial score (nSPS) is 15.0. The summed E-state index contributed by atoms with van der Waals surface area (Å²) >= 11 is 3.92. The number of rotatable bonds is 4. The van der Waals surface area contributed by atoms with Crippen molar-refractivity contribution in [2.24, 2.45) is 0 Å². The highest BCUT2D eigenvalue weighted by atomic mass is 32.1. The summed E-state index contributed by atoms with van der Waals surface area (Å²) in [6, 6.07) is 5.22. The zero-order chi connectivity index (χ0) is 11.4. The summed E-state index contributed by atoms with van der Waals surface area (Å²) in [7, 11) is 0. The van der Waals surface area contributed by atoms with Crippen LogP contribution in [0.2, 0.25) is 0 Å². The average Bonchev–Trinajstić information content (AvgIpc) is 2.26. The molecular weight excluding hydrogens is 212 g/mol. The minimum Gasteiger partial charge on any atom is -0.392 e. The molecule has 2 atom stereocenters. The van der Waals surface area contributed by atoms with Gasteiger partial charge in [0.1, 0.15) is 6.10 Å². The van der Waals surface area contributed by atoms with Gasteiger partial charge < -0.3 is 15.3 Å². The molecule has 0 aliphatic carbocycles. The predicted octanol–water partition coefficient (Wildman–Crippen LogP) is 0.811. The zero-order valence-corrected chi connectivity index (χ0v) is 9.48. The van der Waals surface area contributed by atoms with E-state index in [1.807, 2.05) is 6.92 Å². The Morgan fingerprint density at radius 1 is 1.33 bits per heavy atom. The highest BCUT2D eigenvalue weighted by Crippen LogP contribution is 2.20. The van der Waals surface area contributed by atoms with Crippen molar-refractivity contribution < 1.29 is 15.3 Å². The van der Waals surface area contributed by atoms with Crippen LogP contribution >= 0.6 is 12.6 Å². The molecule has 3 N–H and O–H groups in total. The first-order valence-electron chi connectivity index (χ1n) is 4.77. The van der Waals surface area contributed by atoms with Crippen LogP contribution in [0.3, 0.4) is 0 Å². The number of hydrogen-bond acceptors (Lipinski definition) is 4. The fraction of sp³-hybridized carbons (Fsp3) is 0.455. The molecule has 1 rings (SSSR count). The van der Waals surface area contributed by atoms with Gasteiger partial charge in [0, 0.05) is 5.75 Å². The van der Waals surface area contributed by atoms with E-state index in [9.17, 15) is 10.2 Å². The van der Waals surface area contributed by atoms with Crippen LogP contribution in [0.5, 0.6) is 0 Å². The maximum Gasteiger partial charge on any atom is 0.106 e. The number of aryl methyl sites for hydroxylation is 1. The lowest BCUT2D eigenvalue weighted by Crippen LogP contribution is -2.19. The van der Waals surface area contributed by atoms with Gasteiger partial charge in [-0.1, -0.05) is 18.2 Å². The molecule has 0 heterocycles. The molecule has 0 saturated heterocycles. The van der Waals surface area contributed by atoms with Crippen molar-refractivity contribution in [1.82, 2.24) is 0 Å². The topological polar surface area (TPSA) is 60.7 Å².